The van der Waals surface area contributed by atoms with Crippen LogP contribution < -0.4 is 10.2 Å². The summed E-state index contributed by atoms with van der Waals surface area (Å²) in [6, 6.07) is 11.2. The van der Waals surface area contributed by atoms with Crippen molar-refractivity contribution in [2.75, 3.05) is 20.2 Å². The molecule has 144 valence electrons. The number of benzene rings is 1. The van der Waals surface area contributed by atoms with Gasteiger partial charge in [0.05, 0.1) is 19.8 Å². The molecule has 6 nitrogen and oxygen atoms in total. The number of carbonyl (C=O) groups is 1. The van der Waals surface area contributed by atoms with Gasteiger partial charge in [0.2, 0.25) is 5.43 Å². The van der Waals surface area contributed by atoms with Gasteiger partial charge >= 0.3 is 0 Å². The Balaban J connectivity index is 1.89. The topological polar surface area (TPSA) is 71.6 Å². The Kier molecular flexibility index (Phi) is 5.37. The van der Waals surface area contributed by atoms with Crippen LogP contribution in [0.2, 0.25) is 0 Å². The number of aromatic amines is 1. The molecule has 1 amide bonds. The molecule has 1 N–H and O–H groups in total. The third-order valence-corrected chi connectivity index (χ3v) is 4.85. The highest BCUT2D eigenvalue weighted by molar-refractivity contribution is 5.92. The fraction of sp³-hybridized carbons (Fsp3) is 0.429. The van der Waals surface area contributed by atoms with Gasteiger partial charge in [-0.15, -0.1) is 0 Å². The summed E-state index contributed by atoms with van der Waals surface area (Å²) in [5.74, 6) is -0.0310. The smallest absolute Gasteiger partial charge is 0.270 e. The summed E-state index contributed by atoms with van der Waals surface area (Å²) < 4.78 is 11.3. The zero-order valence-electron chi connectivity index (χ0n) is 16.2. The molecule has 1 aliphatic rings. The van der Waals surface area contributed by atoms with E-state index < -0.39 is 0 Å². The number of rotatable bonds is 3. The molecule has 1 aromatic carbocycles. The molecule has 0 unspecified atom stereocenters. The molecule has 3 rings (SSSR count). The molecule has 0 saturated carbocycles. The Labute approximate surface area is 159 Å². The number of H-pyrrole nitrogens is 1. The summed E-state index contributed by atoms with van der Waals surface area (Å²) in [7, 11) is 1.42. The molecular weight excluding hydrogens is 344 g/mol. The van der Waals surface area contributed by atoms with Crippen LogP contribution in [0.5, 0.6) is 5.75 Å². The molecule has 1 aromatic heterocycles. The van der Waals surface area contributed by atoms with Gasteiger partial charge in [0, 0.05) is 18.8 Å². The van der Waals surface area contributed by atoms with Crippen molar-refractivity contribution in [1.29, 1.82) is 0 Å². The van der Waals surface area contributed by atoms with E-state index in [1.165, 1.54) is 19.4 Å². The van der Waals surface area contributed by atoms with Crippen LogP contribution in [0.4, 0.5) is 0 Å². The van der Waals surface area contributed by atoms with Crippen LogP contribution in [0.15, 0.2) is 47.4 Å². The SMILES string of the molecule is COc1c[nH]c(C(=O)N2C[C@@H](c3ccccc3)O[C@@H](C(C)(C)C)C2)cc1=O. The first-order valence-corrected chi connectivity index (χ1v) is 9.06. The molecule has 27 heavy (non-hydrogen) atoms. The van der Waals surface area contributed by atoms with Gasteiger partial charge in [0.15, 0.2) is 5.75 Å². The predicted molar refractivity (Wildman–Crippen MR) is 103 cm³/mol. The number of morpholine rings is 1. The molecule has 1 saturated heterocycles. The minimum Gasteiger partial charge on any atom is -0.491 e. The van der Waals surface area contributed by atoms with E-state index in [0.717, 1.165) is 5.56 Å². The Bertz CT molecular complexity index is 854. The van der Waals surface area contributed by atoms with Crippen molar-refractivity contribution in [3.05, 3.63) is 64.1 Å². The number of hydrogen-bond donors (Lipinski definition) is 1. The van der Waals surface area contributed by atoms with E-state index in [1.54, 1.807) is 4.90 Å². The molecule has 2 atom stereocenters. The van der Waals surface area contributed by atoms with Gasteiger partial charge in [-0.05, 0) is 11.0 Å². The van der Waals surface area contributed by atoms with E-state index in [-0.39, 0.29) is 40.4 Å². The standard InChI is InChI=1S/C21H26N2O4/c1-21(2,3)19-13-23(12-18(27-19)14-8-6-5-7-9-14)20(25)15-10-16(24)17(26-4)11-22-15/h5-11,18-19H,12-13H2,1-4H3,(H,22,24)/t18-,19+/m0/s1. The van der Waals surface area contributed by atoms with Crippen molar-refractivity contribution < 1.29 is 14.3 Å². The van der Waals surface area contributed by atoms with Crippen LogP contribution in [0.3, 0.4) is 0 Å². The van der Waals surface area contributed by atoms with Crippen LogP contribution in [-0.4, -0.2) is 42.1 Å². The number of pyridine rings is 1. The zero-order valence-corrected chi connectivity index (χ0v) is 16.2. The maximum Gasteiger partial charge on any atom is 0.270 e. The fourth-order valence-corrected chi connectivity index (χ4v) is 3.17. The molecule has 2 heterocycles. The van der Waals surface area contributed by atoms with E-state index >= 15 is 0 Å². The highest BCUT2D eigenvalue weighted by atomic mass is 16.5. The Hall–Kier alpha value is -2.60. The average molecular weight is 370 g/mol. The molecule has 0 aliphatic carbocycles. The minimum atomic E-state index is -0.320. The third-order valence-electron chi connectivity index (χ3n) is 4.85. The molecule has 0 spiro atoms. The lowest BCUT2D eigenvalue weighted by Gasteiger charge is -2.43. The average Bonchev–Trinajstić information content (AvgIpc) is 2.67. The quantitative estimate of drug-likeness (QED) is 0.902. The Morgan fingerprint density at radius 2 is 1.93 bits per heavy atom. The highest BCUT2D eigenvalue weighted by Gasteiger charge is 2.37. The van der Waals surface area contributed by atoms with Gasteiger partial charge in [-0.2, -0.15) is 0 Å². The first kappa shape index (κ1) is 19.2. The van der Waals surface area contributed by atoms with Gasteiger partial charge in [-0.3, -0.25) is 9.59 Å². The highest BCUT2D eigenvalue weighted by Crippen LogP contribution is 2.33. The lowest BCUT2D eigenvalue weighted by atomic mass is 9.87. The molecule has 1 aliphatic heterocycles. The lowest BCUT2D eigenvalue weighted by molar-refractivity contribution is -0.119. The number of nitrogens with zero attached hydrogens (tertiary/aromatic N) is 1. The summed E-state index contributed by atoms with van der Waals surface area (Å²) in [6.45, 7) is 7.21. The van der Waals surface area contributed by atoms with Crippen LogP contribution in [0.25, 0.3) is 0 Å². The first-order valence-electron chi connectivity index (χ1n) is 9.06. The van der Waals surface area contributed by atoms with Crippen LogP contribution in [0, 0.1) is 5.41 Å². The predicted octanol–water partition coefficient (Wildman–Crippen LogP) is 3.01. The number of carbonyl (C=O) groups excluding carboxylic acids is 1. The van der Waals surface area contributed by atoms with Crippen molar-refractivity contribution >= 4 is 5.91 Å². The second-order valence-corrected chi connectivity index (χ2v) is 7.88. The first-order chi connectivity index (χ1) is 12.8. The van der Waals surface area contributed by atoms with E-state index in [1.807, 2.05) is 30.3 Å². The fourth-order valence-electron chi connectivity index (χ4n) is 3.17. The second-order valence-electron chi connectivity index (χ2n) is 7.88. The largest absolute Gasteiger partial charge is 0.491 e. The van der Waals surface area contributed by atoms with Gasteiger partial charge in [-0.1, -0.05) is 51.1 Å². The van der Waals surface area contributed by atoms with Crippen molar-refractivity contribution in [3.8, 4) is 5.75 Å². The van der Waals surface area contributed by atoms with E-state index in [4.69, 9.17) is 9.47 Å². The molecule has 0 bridgehead atoms. The van der Waals surface area contributed by atoms with Gasteiger partial charge < -0.3 is 19.4 Å². The van der Waals surface area contributed by atoms with Crippen molar-refractivity contribution in [1.82, 2.24) is 9.88 Å². The monoisotopic (exact) mass is 370 g/mol. The van der Waals surface area contributed by atoms with Crippen LogP contribution in [0.1, 0.15) is 42.9 Å². The number of amides is 1. The summed E-state index contributed by atoms with van der Waals surface area (Å²) in [6.07, 6.45) is 1.09. The maximum absolute atomic E-state index is 13.1. The zero-order chi connectivity index (χ0) is 19.6. The second kappa shape index (κ2) is 7.56. The maximum atomic E-state index is 13.1. The van der Waals surface area contributed by atoms with Crippen LogP contribution >= 0.6 is 0 Å². The number of hydrogen-bond acceptors (Lipinski definition) is 4. The van der Waals surface area contributed by atoms with Gasteiger partial charge in [0.1, 0.15) is 11.8 Å². The van der Waals surface area contributed by atoms with Crippen molar-refractivity contribution in [3.63, 3.8) is 0 Å². The number of aromatic nitrogens is 1. The minimum absolute atomic E-state index is 0.120. The van der Waals surface area contributed by atoms with E-state index in [0.29, 0.717) is 13.1 Å². The van der Waals surface area contributed by atoms with Crippen molar-refractivity contribution in [2.45, 2.75) is 33.0 Å². The molecule has 2 aromatic rings. The van der Waals surface area contributed by atoms with E-state index in [9.17, 15) is 9.59 Å². The lowest BCUT2D eigenvalue weighted by Crippen LogP contribution is -2.51. The summed E-state index contributed by atoms with van der Waals surface area (Å²) in [5.41, 5.74) is 0.841. The van der Waals surface area contributed by atoms with Gasteiger partial charge in [-0.25, -0.2) is 0 Å². The summed E-state index contributed by atoms with van der Waals surface area (Å²) >= 11 is 0. The Morgan fingerprint density at radius 1 is 1.22 bits per heavy atom. The van der Waals surface area contributed by atoms with Crippen molar-refractivity contribution in [2.24, 2.45) is 5.41 Å². The molecular formula is C21H26N2O4. The Morgan fingerprint density at radius 3 is 2.52 bits per heavy atom. The number of nitrogens with one attached hydrogen (secondary N) is 1. The normalized spacial score (nSPS) is 20.4. The molecule has 0 radical (unpaired) electrons. The number of ether oxygens (including phenoxy) is 2. The summed E-state index contributed by atoms with van der Waals surface area (Å²) in [4.78, 5) is 29.7. The molecule has 1 fully saturated rings. The molecule has 6 heteroatoms. The van der Waals surface area contributed by atoms with Crippen LogP contribution in [-0.2, 0) is 4.74 Å². The van der Waals surface area contributed by atoms with E-state index in [2.05, 4.69) is 25.8 Å². The third kappa shape index (κ3) is 4.22. The van der Waals surface area contributed by atoms with Gasteiger partial charge in [0.25, 0.3) is 5.91 Å². The number of methoxy groups -OCH3 is 1. The summed E-state index contributed by atoms with van der Waals surface area (Å²) in [5, 5.41) is 0.